The molecule has 1 aliphatic rings. The number of guanidine groups is 1. The standard InChI is InChI=1S/C16H34N4O.HI/c1-5-20(6-2)12-8-7-11-18-15(17-4)19-14-16(3)10-9-13-21-16;/h5-14H2,1-4H3,(H2,17,18,19);1H. The van der Waals surface area contributed by atoms with E-state index >= 15 is 0 Å². The summed E-state index contributed by atoms with van der Waals surface area (Å²) in [6.45, 7) is 12.8. The lowest BCUT2D eigenvalue weighted by molar-refractivity contribution is 0.0243. The number of ether oxygens (including phenoxy) is 1. The van der Waals surface area contributed by atoms with E-state index in [1.807, 2.05) is 7.05 Å². The fourth-order valence-electron chi connectivity index (χ4n) is 2.67. The first kappa shape index (κ1) is 21.9. The molecule has 0 amide bonds. The number of nitrogens with zero attached hydrogens (tertiary/aromatic N) is 2. The zero-order chi connectivity index (χ0) is 15.6. The molecule has 0 aromatic heterocycles. The van der Waals surface area contributed by atoms with Crippen molar-refractivity contribution in [3.05, 3.63) is 0 Å². The monoisotopic (exact) mass is 426 g/mol. The number of rotatable bonds is 9. The molecule has 1 atom stereocenters. The molecule has 0 radical (unpaired) electrons. The van der Waals surface area contributed by atoms with E-state index in [1.165, 1.54) is 19.4 Å². The SMILES string of the molecule is CCN(CC)CCCCNC(=NC)NCC1(C)CCCO1.I. The molecule has 1 rings (SSSR count). The van der Waals surface area contributed by atoms with Crippen LogP contribution in [0.4, 0.5) is 0 Å². The van der Waals surface area contributed by atoms with Crippen molar-refractivity contribution < 1.29 is 4.74 Å². The van der Waals surface area contributed by atoms with E-state index in [-0.39, 0.29) is 29.6 Å². The minimum Gasteiger partial charge on any atom is -0.373 e. The number of unbranched alkanes of at least 4 members (excludes halogenated alkanes) is 1. The van der Waals surface area contributed by atoms with E-state index in [2.05, 4.69) is 41.3 Å². The second kappa shape index (κ2) is 12.4. The first-order valence-electron chi connectivity index (χ1n) is 8.44. The maximum atomic E-state index is 5.78. The molecule has 0 spiro atoms. The Balaban J connectivity index is 0.00000441. The van der Waals surface area contributed by atoms with Crippen LogP contribution in [0.3, 0.4) is 0 Å². The van der Waals surface area contributed by atoms with Gasteiger partial charge in [0.15, 0.2) is 5.96 Å². The number of aliphatic imine (C=N–C) groups is 1. The van der Waals surface area contributed by atoms with Crippen molar-refractivity contribution in [2.24, 2.45) is 4.99 Å². The van der Waals surface area contributed by atoms with E-state index in [0.717, 1.165) is 51.6 Å². The average molecular weight is 426 g/mol. The van der Waals surface area contributed by atoms with Crippen LogP contribution < -0.4 is 10.6 Å². The molecule has 132 valence electrons. The molecule has 2 N–H and O–H groups in total. The van der Waals surface area contributed by atoms with Crippen molar-refractivity contribution in [3.8, 4) is 0 Å². The summed E-state index contributed by atoms with van der Waals surface area (Å²) in [4.78, 5) is 6.74. The first-order valence-corrected chi connectivity index (χ1v) is 8.44. The highest BCUT2D eigenvalue weighted by Crippen LogP contribution is 2.23. The Kier molecular flexibility index (Phi) is 12.3. The normalized spacial score (nSPS) is 21.8. The van der Waals surface area contributed by atoms with Gasteiger partial charge in [-0.15, -0.1) is 24.0 Å². The minimum absolute atomic E-state index is 0. The predicted molar refractivity (Wildman–Crippen MR) is 105 cm³/mol. The van der Waals surface area contributed by atoms with Gasteiger partial charge in [-0.05, 0) is 52.2 Å². The molecular weight excluding hydrogens is 391 g/mol. The quantitative estimate of drug-likeness (QED) is 0.258. The van der Waals surface area contributed by atoms with Gasteiger partial charge in [-0.1, -0.05) is 13.8 Å². The summed E-state index contributed by atoms with van der Waals surface area (Å²) in [5, 5.41) is 6.76. The van der Waals surface area contributed by atoms with Crippen molar-refractivity contribution in [1.29, 1.82) is 0 Å². The fraction of sp³-hybridized carbons (Fsp3) is 0.938. The van der Waals surface area contributed by atoms with Crippen LogP contribution in [0.5, 0.6) is 0 Å². The lowest BCUT2D eigenvalue weighted by Crippen LogP contribution is -2.45. The maximum Gasteiger partial charge on any atom is 0.191 e. The van der Waals surface area contributed by atoms with Gasteiger partial charge in [0.2, 0.25) is 0 Å². The number of hydrogen-bond acceptors (Lipinski definition) is 3. The Morgan fingerprint density at radius 2 is 1.95 bits per heavy atom. The molecule has 22 heavy (non-hydrogen) atoms. The number of hydrogen-bond donors (Lipinski definition) is 2. The summed E-state index contributed by atoms with van der Waals surface area (Å²) in [5.74, 6) is 0.884. The Morgan fingerprint density at radius 3 is 2.50 bits per heavy atom. The minimum atomic E-state index is -0.0274. The molecule has 0 aromatic carbocycles. The Hall–Kier alpha value is -0.0800. The molecule has 1 fully saturated rings. The summed E-state index contributed by atoms with van der Waals surface area (Å²) in [6, 6.07) is 0. The molecule has 0 aromatic rings. The zero-order valence-corrected chi connectivity index (χ0v) is 17.1. The maximum absolute atomic E-state index is 5.78. The van der Waals surface area contributed by atoms with Gasteiger partial charge >= 0.3 is 0 Å². The van der Waals surface area contributed by atoms with Gasteiger partial charge in [-0.3, -0.25) is 4.99 Å². The summed E-state index contributed by atoms with van der Waals surface area (Å²) in [7, 11) is 1.82. The molecule has 1 heterocycles. The van der Waals surface area contributed by atoms with Gasteiger partial charge in [0.05, 0.1) is 5.60 Å². The molecule has 0 saturated carbocycles. The molecule has 1 aliphatic heterocycles. The molecule has 6 heteroatoms. The largest absolute Gasteiger partial charge is 0.373 e. The van der Waals surface area contributed by atoms with E-state index in [0.29, 0.717) is 0 Å². The molecular formula is C16H35IN4O. The summed E-state index contributed by atoms with van der Waals surface area (Å²) in [6.07, 6.45) is 4.69. The van der Waals surface area contributed by atoms with Gasteiger partial charge in [-0.2, -0.15) is 0 Å². The molecule has 5 nitrogen and oxygen atoms in total. The second-order valence-electron chi connectivity index (χ2n) is 5.99. The second-order valence-corrected chi connectivity index (χ2v) is 5.99. The lowest BCUT2D eigenvalue weighted by atomic mass is 10.0. The van der Waals surface area contributed by atoms with Crippen molar-refractivity contribution in [3.63, 3.8) is 0 Å². The average Bonchev–Trinajstić information content (AvgIpc) is 2.93. The van der Waals surface area contributed by atoms with Gasteiger partial charge in [0, 0.05) is 26.7 Å². The van der Waals surface area contributed by atoms with Crippen LogP contribution >= 0.6 is 24.0 Å². The van der Waals surface area contributed by atoms with Crippen molar-refractivity contribution >= 4 is 29.9 Å². The van der Waals surface area contributed by atoms with Crippen LogP contribution in [-0.4, -0.2) is 62.8 Å². The Labute approximate surface area is 153 Å². The van der Waals surface area contributed by atoms with Crippen molar-refractivity contribution in [1.82, 2.24) is 15.5 Å². The van der Waals surface area contributed by atoms with Crippen molar-refractivity contribution in [2.45, 2.75) is 52.1 Å². The highest BCUT2D eigenvalue weighted by molar-refractivity contribution is 14.0. The Bertz CT molecular complexity index is 303. The summed E-state index contributed by atoms with van der Waals surface area (Å²) < 4.78 is 5.78. The van der Waals surface area contributed by atoms with Gasteiger partial charge in [-0.25, -0.2) is 0 Å². The summed E-state index contributed by atoms with van der Waals surface area (Å²) >= 11 is 0. The third-order valence-electron chi connectivity index (χ3n) is 4.24. The van der Waals surface area contributed by atoms with Gasteiger partial charge in [0.1, 0.15) is 0 Å². The van der Waals surface area contributed by atoms with E-state index in [9.17, 15) is 0 Å². The van der Waals surface area contributed by atoms with Crippen LogP contribution in [0, 0.1) is 0 Å². The van der Waals surface area contributed by atoms with Gasteiger partial charge < -0.3 is 20.3 Å². The van der Waals surface area contributed by atoms with E-state index in [1.54, 1.807) is 0 Å². The fourth-order valence-corrected chi connectivity index (χ4v) is 2.67. The predicted octanol–water partition coefficient (Wildman–Crippen LogP) is 2.46. The smallest absolute Gasteiger partial charge is 0.191 e. The van der Waals surface area contributed by atoms with Crippen LogP contribution in [0.15, 0.2) is 4.99 Å². The van der Waals surface area contributed by atoms with Crippen LogP contribution in [-0.2, 0) is 4.74 Å². The third-order valence-corrected chi connectivity index (χ3v) is 4.24. The van der Waals surface area contributed by atoms with E-state index < -0.39 is 0 Å². The molecule has 1 saturated heterocycles. The highest BCUT2D eigenvalue weighted by atomic mass is 127. The van der Waals surface area contributed by atoms with E-state index in [4.69, 9.17) is 4.74 Å². The highest BCUT2D eigenvalue weighted by Gasteiger charge is 2.29. The lowest BCUT2D eigenvalue weighted by Gasteiger charge is -2.24. The van der Waals surface area contributed by atoms with Crippen LogP contribution in [0.25, 0.3) is 0 Å². The Morgan fingerprint density at radius 1 is 1.23 bits per heavy atom. The topological polar surface area (TPSA) is 48.9 Å². The van der Waals surface area contributed by atoms with Crippen LogP contribution in [0.1, 0.15) is 46.5 Å². The molecule has 0 bridgehead atoms. The summed E-state index contributed by atoms with van der Waals surface area (Å²) in [5.41, 5.74) is -0.0274. The van der Waals surface area contributed by atoms with Crippen molar-refractivity contribution in [2.75, 3.05) is 46.4 Å². The molecule has 1 unspecified atom stereocenters. The molecule has 0 aliphatic carbocycles. The van der Waals surface area contributed by atoms with Crippen LogP contribution in [0.2, 0.25) is 0 Å². The third kappa shape index (κ3) is 8.53. The zero-order valence-electron chi connectivity index (χ0n) is 14.8. The van der Waals surface area contributed by atoms with Gasteiger partial charge in [0.25, 0.3) is 0 Å². The number of halogens is 1. The first-order chi connectivity index (χ1) is 10.1. The number of nitrogens with one attached hydrogen (secondary N) is 2.